The van der Waals surface area contributed by atoms with Gasteiger partial charge in [0, 0.05) is 25.2 Å². The molecule has 0 radical (unpaired) electrons. The molecular formula is C17H26N2O. The number of hydrogen-bond donors (Lipinski definition) is 1. The average Bonchev–Trinajstić information content (AvgIpc) is 3.28. The molecule has 1 aromatic rings. The van der Waals surface area contributed by atoms with Gasteiger partial charge in [-0.1, -0.05) is 30.3 Å². The SMILES string of the molecule is CC(C)N1CCOC(C(N)C2CC2c2ccccc2)C1. The van der Waals surface area contributed by atoms with Crippen molar-refractivity contribution in [1.29, 1.82) is 0 Å². The van der Waals surface area contributed by atoms with Crippen molar-refractivity contribution in [2.24, 2.45) is 11.7 Å². The molecule has 0 amide bonds. The van der Waals surface area contributed by atoms with Gasteiger partial charge in [-0.15, -0.1) is 0 Å². The minimum Gasteiger partial charge on any atom is -0.374 e. The summed E-state index contributed by atoms with van der Waals surface area (Å²) in [5.41, 5.74) is 7.93. The van der Waals surface area contributed by atoms with Crippen LogP contribution in [0.1, 0.15) is 31.7 Å². The van der Waals surface area contributed by atoms with Crippen LogP contribution in [0.4, 0.5) is 0 Å². The first kappa shape index (κ1) is 14.1. The molecule has 4 atom stereocenters. The lowest BCUT2D eigenvalue weighted by atomic mass is 10.0. The molecule has 1 saturated carbocycles. The van der Waals surface area contributed by atoms with Crippen molar-refractivity contribution in [2.75, 3.05) is 19.7 Å². The van der Waals surface area contributed by atoms with Gasteiger partial charge in [-0.05, 0) is 37.7 Å². The Bertz CT molecular complexity index is 434. The summed E-state index contributed by atoms with van der Waals surface area (Å²) in [5, 5.41) is 0. The zero-order valence-corrected chi connectivity index (χ0v) is 12.5. The summed E-state index contributed by atoms with van der Waals surface area (Å²) >= 11 is 0. The first-order valence-corrected chi connectivity index (χ1v) is 7.83. The molecule has 3 nitrogen and oxygen atoms in total. The Hall–Kier alpha value is -0.900. The van der Waals surface area contributed by atoms with E-state index in [2.05, 4.69) is 49.1 Å². The molecule has 1 heterocycles. The first-order valence-electron chi connectivity index (χ1n) is 7.83. The monoisotopic (exact) mass is 274 g/mol. The third-order valence-electron chi connectivity index (χ3n) is 4.85. The lowest BCUT2D eigenvalue weighted by Crippen LogP contribution is -2.53. The highest BCUT2D eigenvalue weighted by Gasteiger charge is 2.46. The van der Waals surface area contributed by atoms with E-state index in [1.54, 1.807) is 0 Å². The molecule has 3 heteroatoms. The van der Waals surface area contributed by atoms with Gasteiger partial charge in [0.15, 0.2) is 0 Å². The van der Waals surface area contributed by atoms with Gasteiger partial charge in [-0.3, -0.25) is 4.90 Å². The van der Waals surface area contributed by atoms with Gasteiger partial charge in [0.05, 0.1) is 12.7 Å². The van der Waals surface area contributed by atoms with E-state index >= 15 is 0 Å². The Morgan fingerprint density at radius 3 is 2.70 bits per heavy atom. The molecule has 3 rings (SSSR count). The number of nitrogens with two attached hydrogens (primary N) is 1. The van der Waals surface area contributed by atoms with E-state index in [0.717, 1.165) is 19.7 Å². The largest absolute Gasteiger partial charge is 0.374 e. The number of ether oxygens (including phenoxy) is 1. The van der Waals surface area contributed by atoms with Gasteiger partial charge in [0.25, 0.3) is 0 Å². The summed E-state index contributed by atoms with van der Waals surface area (Å²) in [5.74, 6) is 1.23. The zero-order valence-electron chi connectivity index (χ0n) is 12.5. The molecule has 2 N–H and O–H groups in total. The summed E-state index contributed by atoms with van der Waals surface area (Å²) < 4.78 is 5.94. The van der Waals surface area contributed by atoms with Crippen LogP contribution in [0, 0.1) is 5.92 Å². The number of nitrogens with zero attached hydrogens (tertiary/aromatic N) is 1. The van der Waals surface area contributed by atoms with Crippen molar-refractivity contribution in [2.45, 2.75) is 44.4 Å². The Kier molecular flexibility index (Phi) is 4.11. The van der Waals surface area contributed by atoms with E-state index in [1.165, 1.54) is 12.0 Å². The summed E-state index contributed by atoms with van der Waals surface area (Å²) in [7, 11) is 0. The molecule has 1 aromatic carbocycles. The van der Waals surface area contributed by atoms with Crippen LogP contribution in [0.5, 0.6) is 0 Å². The predicted molar refractivity (Wildman–Crippen MR) is 81.7 cm³/mol. The van der Waals surface area contributed by atoms with Crippen molar-refractivity contribution >= 4 is 0 Å². The minimum atomic E-state index is 0.168. The number of rotatable bonds is 4. The topological polar surface area (TPSA) is 38.5 Å². The Balaban J connectivity index is 1.59. The molecule has 1 saturated heterocycles. The van der Waals surface area contributed by atoms with Gasteiger partial charge in [-0.2, -0.15) is 0 Å². The van der Waals surface area contributed by atoms with Gasteiger partial charge >= 0.3 is 0 Å². The summed E-state index contributed by atoms with van der Waals surface area (Å²) in [6.45, 7) is 7.33. The second-order valence-corrected chi connectivity index (χ2v) is 6.49. The van der Waals surface area contributed by atoms with E-state index in [4.69, 9.17) is 10.5 Å². The highest BCUT2D eigenvalue weighted by molar-refractivity contribution is 5.27. The molecule has 2 fully saturated rings. The van der Waals surface area contributed by atoms with Crippen LogP contribution < -0.4 is 5.73 Å². The lowest BCUT2D eigenvalue weighted by molar-refractivity contribution is -0.0529. The van der Waals surface area contributed by atoms with Gasteiger partial charge in [0.2, 0.25) is 0 Å². The molecule has 0 bridgehead atoms. The zero-order chi connectivity index (χ0) is 14.1. The molecule has 0 aromatic heterocycles. The fraction of sp³-hybridized carbons (Fsp3) is 0.647. The fourth-order valence-corrected chi connectivity index (χ4v) is 3.40. The number of benzene rings is 1. The summed E-state index contributed by atoms with van der Waals surface area (Å²) in [6, 6.07) is 11.5. The quantitative estimate of drug-likeness (QED) is 0.915. The Morgan fingerprint density at radius 2 is 2.00 bits per heavy atom. The first-order chi connectivity index (χ1) is 9.66. The van der Waals surface area contributed by atoms with Gasteiger partial charge in [-0.25, -0.2) is 0 Å². The highest BCUT2D eigenvalue weighted by Crippen LogP contribution is 2.49. The molecule has 4 unspecified atom stereocenters. The smallest absolute Gasteiger partial charge is 0.0856 e. The minimum absolute atomic E-state index is 0.168. The maximum absolute atomic E-state index is 6.49. The summed E-state index contributed by atoms with van der Waals surface area (Å²) in [6.07, 6.45) is 1.41. The van der Waals surface area contributed by atoms with E-state index in [9.17, 15) is 0 Å². The second kappa shape index (κ2) is 5.84. The second-order valence-electron chi connectivity index (χ2n) is 6.49. The van der Waals surface area contributed by atoms with E-state index in [1.807, 2.05) is 0 Å². The average molecular weight is 274 g/mol. The maximum Gasteiger partial charge on any atom is 0.0856 e. The van der Waals surface area contributed by atoms with E-state index < -0.39 is 0 Å². The third kappa shape index (κ3) is 2.90. The number of hydrogen-bond acceptors (Lipinski definition) is 3. The van der Waals surface area contributed by atoms with Crippen LogP contribution in [-0.4, -0.2) is 42.8 Å². The van der Waals surface area contributed by atoms with Crippen molar-refractivity contribution in [3.05, 3.63) is 35.9 Å². The van der Waals surface area contributed by atoms with Gasteiger partial charge in [0.1, 0.15) is 0 Å². The maximum atomic E-state index is 6.49. The molecule has 1 aliphatic heterocycles. The molecule has 1 aliphatic carbocycles. The van der Waals surface area contributed by atoms with Crippen molar-refractivity contribution in [1.82, 2.24) is 4.90 Å². The van der Waals surface area contributed by atoms with Crippen LogP contribution in [0.3, 0.4) is 0 Å². The standard InChI is InChI=1S/C17H26N2O/c1-12(2)19-8-9-20-16(11-19)17(18)15-10-14(15)13-6-4-3-5-7-13/h3-7,12,14-17H,8-11,18H2,1-2H3. The Labute approximate surface area is 122 Å². The highest BCUT2D eigenvalue weighted by atomic mass is 16.5. The summed E-state index contributed by atoms with van der Waals surface area (Å²) in [4.78, 5) is 2.48. The van der Waals surface area contributed by atoms with Crippen LogP contribution >= 0.6 is 0 Å². The lowest BCUT2D eigenvalue weighted by Gasteiger charge is -2.38. The van der Waals surface area contributed by atoms with Crippen LogP contribution in [-0.2, 0) is 4.74 Å². The molecule has 2 aliphatic rings. The third-order valence-corrected chi connectivity index (χ3v) is 4.85. The normalized spacial score (nSPS) is 32.3. The fourth-order valence-electron chi connectivity index (χ4n) is 3.40. The van der Waals surface area contributed by atoms with E-state index in [-0.39, 0.29) is 12.1 Å². The van der Waals surface area contributed by atoms with Crippen molar-refractivity contribution < 1.29 is 4.74 Å². The van der Waals surface area contributed by atoms with Crippen LogP contribution in [0.2, 0.25) is 0 Å². The predicted octanol–water partition coefficient (Wildman–Crippen LogP) is 2.23. The number of morpholine rings is 1. The molecule has 110 valence electrons. The molecule has 0 spiro atoms. The van der Waals surface area contributed by atoms with Crippen molar-refractivity contribution in [3.63, 3.8) is 0 Å². The van der Waals surface area contributed by atoms with E-state index in [0.29, 0.717) is 17.9 Å². The van der Waals surface area contributed by atoms with Crippen LogP contribution in [0.15, 0.2) is 30.3 Å². The Morgan fingerprint density at radius 1 is 1.25 bits per heavy atom. The van der Waals surface area contributed by atoms with Crippen LogP contribution in [0.25, 0.3) is 0 Å². The van der Waals surface area contributed by atoms with Crippen molar-refractivity contribution in [3.8, 4) is 0 Å². The molecule has 20 heavy (non-hydrogen) atoms. The van der Waals surface area contributed by atoms with Gasteiger partial charge < -0.3 is 10.5 Å². The molecular weight excluding hydrogens is 248 g/mol.